The fourth-order valence-corrected chi connectivity index (χ4v) is 2.70. The lowest BCUT2D eigenvalue weighted by Gasteiger charge is -2.38. The molecule has 126 valence electrons. The highest BCUT2D eigenvalue weighted by Crippen LogP contribution is 2.35. The van der Waals surface area contributed by atoms with E-state index in [-0.39, 0.29) is 5.56 Å². The summed E-state index contributed by atoms with van der Waals surface area (Å²) in [6.07, 6.45) is -5.39. The Hall–Kier alpha value is -2.70. The average Bonchev–Trinajstić information content (AvgIpc) is 2.56. The first-order valence-electron chi connectivity index (χ1n) is 7.26. The summed E-state index contributed by atoms with van der Waals surface area (Å²) < 4.78 is 43.9. The summed E-state index contributed by atoms with van der Waals surface area (Å²) in [7, 11) is 1.50. The molecule has 1 aliphatic rings. The van der Waals surface area contributed by atoms with E-state index in [1.807, 2.05) is 0 Å². The summed E-state index contributed by atoms with van der Waals surface area (Å²) in [5.41, 5.74) is 1.29. The first-order chi connectivity index (χ1) is 11.4. The Labute approximate surface area is 136 Å². The van der Waals surface area contributed by atoms with Crippen molar-refractivity contribution < 1.29 is 22.7 Å². The molecule has 1 aliphatic heterocycles. The van der Waals surface area contributed by atoms with E-state index < -0.39 is 24.8 Å². The molecule has 0 aromatic heterocycles. The van der Waals surface area contributed by atoms with Gasteiger partial charge in [-0.1, -0.05) is 24.3 Å². The Morgan fingerprint density at radius 1 is 1.12 bits per heavy atom. The number of halogens is 3. The molecular weight excluding hydrogens is 321 g/mol. The van der Waals surface area contributed by atoms with Crippen LogP contribution >= 0.6 is 0 Å². The van der Waals surface area contributed by atoms with E-state index in [1.165, 1.54) is 13.2 Å². The normalized spacial score (nSPS) is 17.2. The maximum absolute atomic E-state index is 13.0. The fourth-order valence-electron chi connectivity index (χ4n) is 2.70. The van der Waals surface area contributed by atoms with Crippen LogP contribution < -0.4 is 10.1 Å². The molecule has 4 nitrogen and oxygen atoms in total. The Kier molecular flexibility index (Phi) is 4.09. The average molecular weight is 336 g/mol. The Morgan fingerprint density at radius 2 is 1.79 bits per heavy atom. The SMILES string of the molecule is COc1ccc([C@H]2Nc3ccccc3C(=O)N2CC(F)(F)F)cc1. The van der Waals surface area contributed by atoms with E-state index in [0.29, 0.717) is 17.0 Å². The zero-order chi connectivity index (χ0) is 17.3. The van der Waals surface area contributed by atoms with E-state index in [1.54, 1.807) is 42.5 Å². The second kappa shape index (κ2) is 6.07. The van der Waals surface area contributed by atoms with Gasteiger partial charge in [0.15, 0.2) is 0 Å². The number of anilines is 1. The third kappa shape index (κ3) is 3.15. The molecule has 7 heteroatoms. The van der Waals surface area contributed by atoms with Crippen molar-refractivity contribution in [2.75, 3.05) is 19.0 Å². The van der Waals surface area contributed by atoms with Gasteiger partial charge in [-0.2, -0.15) is 13.2 Å². The molecular formula is C17H15F3N2O2. The third-order valence-electron chi connectivity index (χ3n) is 3.80. The molecule has 0 saturated carbocycles. The zero-order valence-corrected chi connectivity index (χ0v) is 12.8. The van der Waals surface area contributed by atoms with Crippen molar-refractivity contribution in [3.8, 4) is 5.75 Å². The first kappa shape index (κ1) is 16.2. The molecule has 2 aromatic carbocycles. The number of methoxy groups -OCH3 is 1. The molecule has 0 fully saturated rings. The maximum atomic E-state index is 13.0. The highest BCUT2D eigenvalue weighted by molar-refractivity contribution is 6.01. The van der Waals surface area contributed by atoms with Gasteiger partial charge in [-0.15, -0.1) is 0 Å². The van der Waals surface area contributed by atoms with Crippen LogP contribution in [0, 0.1) is 0 Å². The van der Waals surface area contributed by atoms with Gasteiger partial charge in [-0.3, -0.25) is 4.79 Å². The minimum atomic E-state index is -4.49. The van der Waals surface area contributed by atoms with Crippen LogP contribution in [0.1, 0.15) is 22.1 Å². The van der Waals surface area contributed by atoms with Gasteiger partial charge in [0.2, 0.25) is 0 Å². The van der Waals surface area contributed by atoms with Crippen molar-refractivity contribution in [3.63, 3.8) is 0 Å². The van der Waals surface area contributed by atoms with Crippen LogP contribution in [0.15, 0.2) is 48.5 Å². The molecule has 1 atom stereocenters. The van der Waals surface area contributed by atoms with Crippen molar-refractivity contribution in [1.82, 2.24) is 4.90 Å². The van der Waals surface area contributed by atoms with Gasteiger partial charge >= 0.3 is 6.18 Å². The van der Waals surface area contributed by atoms with Gasteiger partial charge in [-0.05, 0) is 29.8 Å². The van der Waals surface area contributed by atoms with Crippen molar-refractivity contribution >= 4 is 11.6 Å². The van der Waals surface area contributed by atoms with Crippen LogP contribution in [-0.4, -0.2) is 30.6 Å². The molecule has 24 heavy (non-hydrogen) atoms. The van der Waals surface area contributed by atoms with Crippen molar-refractivity contribution in [1.29, 1.82) is 0 Å². The lowest BCUT2D eigenvalue weighted by molar-refractivity contribution is -0.144. The number of carbonyl (C=O) groups is 1. The monoisotopic (exact) mass is 336 g/mol. The largest absolute Gasteiger partial charge is 0.497 e. The highest BCUT2D eigenvalue weighted by Gasteiger charge is 2.40. The number of fused-ring (bicyclic) bond motifs is 1. The van der Waals surface area contributed by atoms with Crippen LogP contribution in [0.3, 0.4) is 0 Å². The number of ether oxygens (including phenoxy) is 1. The lowest BCUT2D eigenvalue weighted by Crippen LogP contribution is -2.47. The van der Waals surface area contributed by atoms with Gasteiger partial charge in [0.25, 0.3) is 5.91 Å². The van der Waals surface area contributed by atoms with E-state index >= 15 is 0 Å². The molecule has 0 radical (unpaired) electrons. The number of amides is 1. The molecule has 0 spiro atoms. The highest BCUT2D eigenvalue weighted by atomic mass is 19.4. The van der Waals surface area contributed by atoms with E-state index in [9.17, 15) is 18.0 Å². The van der Waals surface area contributed by atoms with Crippen molar-refractivity contribution in [2.45, 2.75) is 12.3 Å². The zero-order valence-electron chi connectivity index (χ0n) is 12.8. The van der Waals surface area contributed by atoms with Gasteiger partial charge < -0.3 is 15.0 Å². The van der Waals surface area contributed by atoms with Gasteiger partial charge in [0.05, 0.1) is 12.7 Å². The summed E-state index contributed by atoms with van der Waals surface area (Å²) in [5.74, 6) is -0.0637. The molecule has 1 N–H and O–H groups in total. The first-order valence-corrected chi connectivity index (χ1v) is 7.26. The summed E-state index contributed by atoms with van der Waals surface area (Å²) in [6, 6.07) is 13.1. The number of carbonyl (C=O) groups excluding carboxylic acids is 1. The second-order valence-corrected chi connectivity index (χ2v) is 5.41. The van der Waals surface area contributed by atoms with Crippen molar-refractivity contribution in [3.05, 3.63) is 59.7 Å². The van der Waals surface area contributed by atoms with Crippen LogP contribution in [0.5, 0.6) is 5.75 Å². The number of rotatable bonds is 3. The maximum Gasteiger partial charge on any atom is 0.406 e. The Bertz CT molecular complexity index is 744. The van der Waals surface area contributed by atoms with E-state index in [2.05, 4.69) is 5.32 Å². The predicted molar refractivity (Wildman–Crippen MR) is 82.9 cm³/mol. The molecule has 3 rings (SSSR count). The number of para-hydroxylation sites is 1. The molecule has 0 aliphatic carbocycles. The van der Waals surface area contributed by atoms with Gasteiger partial charge in [-0.25, -0.2) is 0 Å². The summed E-state index contributed by atoms with van der Waals surface area (Å²) >= 11 is 0. The molecule has 0 unspecified atom stereocenters. The van der Waals surface area contributed by atoms with Crippen LogP contribution in [0.25, 0.3) is 0 Å². The van der Waals surface area contributed by atoms with Crippen LogP contribution in [0.4, 0.5) is 18.9 Å². The number of nitrogens with zero attached hydrogens (tertiary/aromatic N) is 1. The smallest absolute Gasteiger partial charge is 0.406 e. The molecule has 1 heterocycles. The number of benzene rings is 2. The molecule has 2 aromatic rings. The number of alkyl halides is 3. The van der Waals surface area contributed by atoms with Crippen molar-refractivity contribution in [2.24, 2.45) is 0 Å². The summed E-state index contributed by atoms with van der Waals surface area (Å²) in [5, 5.41) is 3.02. The Morgan fingerprint density at radius 3 is 2.42 bits per heavy atom. The summed E-state index contributed by atoms with van der Waals surface area (Å²) in [6.45, 7) is -1.33. The fraction of sp³-hybridized carbons (Fsp3) is 0.235. The van der Waals surface area contributed by atoms with Gasteiger partial charge in [0, 0.05) is 5.69 Å². The molecule has 0 saturated heterocycles. The van der Waals surface area contributed by atoms with Gasteiger partial charge in [0.1, 0.15) is 18.5 Å². The van der Waals surface area contributed by atoms with Crippen LogP contribution in [0.2, 0.25) is 0 Å². The number of nitrogens with one attached hydrogen (secondary N) is 1. The lowest BCUT2D eigenvalue weighted by atomic mass is 10.0. The van der Waals surface area contributed by atoms with E-state index in [0.717, 1.165) is 4.90 Å². The molecule has 0 bridgehead atoms. The van der Waals surface area contributed by atoms with E-state index in [4.69, 9.17) is 4.74 Å². The minimum absolute atomic E-state index is 0.228. The standard InChI is InChI=1S/C17H15F3N2O2/c1-24-12-8-6-11(7-9-12)15-21-14-5-3-2-4-13(14)16(23)22(15)10-17(18,19)20/h2-9,15,21H,10H2,1H3/t15-/m0/s1. The minimum Gasteiger partial charge on any atom is -0.497 e. The third-order valence-corrected chi connectivity index (χ3v) is 3.80. The predicted octanol–water partition coefficient (Wildman–Crippen LogP) is 3.82. The topological polar surface area (TPSA) is 41.6 Å². The Balaban J connectivity index is 2.01. The number of hydrogen-bond acceptors (Lipinski definition) is 3. The summed E-state index contributed by atoms with van der Waals surface area (Å²) in [4.78, 5) is 13.4. The molecule has 1 amide bonds. The number of hydrogen-bond donors (Lipinski definition) is 1. The quantitative estimate of drug-likeness (QED) is 0.926. The second-order valence-electron chi connectivity index (χ2n) is 5.41. The van der Waals surface area contributed by atoms with Crippen LogP contribution in [-0.2, 0) is 0 Å².